The summed E-state index contributed by atoms with van der Waals surface area (Å²) >= 11 is 0. The van der Waals surface area contributed by atoms with E-state index in [2.05, 4.69) is 19.2 Å². The van der Waals surface area contributed by atoms with Crippen molar-refractivity contribution >= 4 is 0 Å². The standard InChI is InChI=1S/C13H25NO/c1-13(2)8-6-10(7-9-13)14-11-4-3-5-12(11)15/h10-12,14-15H,3-9H2,1-2H3/t11-,12-/m0/s1. The van der Waals surface area contributed by atoms with E-state index >= 15 is 0 Å². The van der Waals surface area contributed by atoms with Gasteiger partial charge < -0.3 is 10.4 Å². The van der Waals surface area contributed by atoms with Crippen LogP contribution in [-0.4, -0.2) is 23.3 Å². The second-order valence-electron chi connectivity index (χ2n) is 6.21. The van der Waals surface area contributed by atoms with E-state index in [1.165, 1.54) is 38.5 Å². The third kappa shape index (κ3) is 2.94. The fraction of sp³-hybridized carbons (Fsp3) is 1.00. The van der Waals surface area contributed by atoms with Crippen LogP contribution in [0.4, 0.5) is 0 Å². The number of hydrogen-bond donors (Lipinski definition) is 2. The van der Waals surface area contributed by atoms with Crippen LogP contribution in [-0.2, 0) is 0 Å². The number of aliphatic hydroxyl groups is 1. The lowest BCUT2D eigenvalue weighted by Gasteiger charge is -2.36. The van der Waals surface area contributed by atoms with Gasteiger partial charge in [-0.3, -0.25) is 0 Å². The van der Waals surface area contributed by atoms with Gasteiger partial charge in [0, 0.05) is 12.1 Å². The Bertz CT molecular complexity index is 205. The molecule has 2 saturated carbocycles. The minimum absolute atomic E-state index is 0.0834. The summed E-state index contributed by atoms with van der Waals surface area (Å²) in [7, 11) is 0. The maximum absolute atomic E-state index is 9.76. The molecule has 0 amide bonds. The zero-order chi connectivity index (χ0) is 10.9. The van der Waals surface area contributed by atoms with Gasteiger partial charge >= 0.3 is 0 Å². The van der Waals surface area contributed by atoms with Crippen molar-refractivity contribution in [2.45, 2.75) is 77.0 Å². The smallest absolute Gasteiger partial charge is 0.0693 e. The molecule has 0 aromatic heterocycles. The summed E-state index contributed by atoms with van der Waals surface area (Å²) in [6, 6.07) is 1.05. The van der Waals surface area contributed by atoms with Gasteiger partial charge in [0.2, 0.25) is 0 Å². The quantitative estimate of drug-likeness (QED) is 0.735. The summed E-state index contributed by atoms with van der Waals surface area (Å²) in [4.78, 5) is 0. The molecule has 0 aliphatic heterocycles. The van der Waals surface area contributed by atoms with Gasteiger partial charge in [-0.05, 0) is 50.4 Å². The Labute approximate surface area is 93.5 Å². The zero-order valence-corrected chi connectivity index (χ0v) is 10.1. The first-order valence-corrected chi connectivity index (χ1v) is 6.51. The molecule has 2 nitrogen and oxygen atoms in total. The molecule has 2 aliphatic carbocycles. The predicted molar refractivity (Wildman–Crippen MR) is 62.8 cm³/mol. The lowest BCUT2D eigenvalue weighted by molar-refractivity contribution is 0.127. The average molecular weight is 211 g/mol. The van der Waals surface area contributed by atoms with Crippen LogP contribution >= 0.6 is 0 Å². The van der Waals surface area contributed by atoms with E-state index in [0.29, 0.717) is 17.5 Å². The van der Waals surface area contributed by atoms with E-state index in [9.17, 15) is 5.11 Å². The van der Waals surface area contributed by atoms with Crippen LogP contribution in [0.5, 0.6) is 0 Å². The first-order chi connectivity index (χ1) is 7.07. The highest BCUT2D eigenvalue weighted by Crippen LogP contribution is 2.35. The van der Waals surface area contributed by atoms with Crippen LogP contribution in [0.1, 0.15) is 58.8 Å². The van der Waals surface area contributed by atoms with Gasteiger partial charge in [-0.25, -0.2) is 0 Å². The maximum atomic E-state index is 9.76. The summed E-state index contributed by atoms with van der Waals surface area (Å²) in [5.41, 5.74) is 0.548. The first kappa shape index (κ1) is 11.4. The average Bonchev–Trinajstić information content (AvgIpc) is 2.56. The van der Waals surface area contributed by atoms with Gasteiger partial charge in [0.05, 0.1) is 6.10 Å². The van der Waals surface area contributed by atoms with E-state index in [1.807, 2.05) is 0 Å². The molecule has 2 rings (SSSR count). The lowest BCUT2D eigenvalue weighted by Crippen LogP contribution is -2.45. The van der Waals surface area contributed by atoms with Crippen molar-refractivity contribution in [3.05, 3.63) is 0 Å². The molecule has 0 spiro atoms. The fourth-order valence-corrected chi connectivity index (χ4v) is 3.00. The highest BCUT2D eigenvalue weighted by atomic mass is 16.3. The van der Waals surface area contributed by atoms with Crippen LogP contribution in [0.3, 0.4) is 0 Å². The second kappa shape index (κ2) is 4.42. The SMILES string of the molecule is CC1(C)CCC(N[C@H]2CCC[C@@H]2O)CC1. The lowest BCUT2D eigenvalue weighted by atomic mass is 9.75. The van der Waals surface area contributed by atoms with E-state index in [0.717, 1.165) is 6.42 Å². The monoisotopic (exact) mass is 211 g/mol. The van der Waals surface area contributed by atoms with Crippen LogP contribution in [0.15, 0.2) is 0 Å². The van der Waals surface area contributed by atoms with E-state index < -0.39 is 0 Å². The highest BCUT2D eigenvalue weighted by molar-refractivity contribution is 4.89. The van der Waals surface area contributed by atoms with Crippen LogP contribution in [0, 0.1) is 5.41 Å². The molecule has 15 heavy (non-hydrogen) atoms. The van der Waals surface area contributed by atoms with Gasteiger partial charge in [-0.2, -0.15) is 0 Å². The summed E-state index contributed by atoms with van der Waals surface area (Å²) in [5.74, 6) is 0. The molecule has 0 unspecified atom stereocenters. The molecule has 0 radical (unpaired) electrons. The second-order valence-corrected chi connectivity index (χ2v) is 6.21. The van der Waals surface area contributed by atoms with Crippen molar-refractivity contribution in [2.75, 3.05) is 0 Å². The van der Waals surface area contributed by atoms with Crippen molar-refractivity contribution in [3.8, 4) is 0 Å². The Hall–Kier alpha value is -0.0800. The molecule has 0 heterocycles. The Kier molecular flexibility index (Phi) is 3.36. The van der Waals surface area contributed by atoms with Crippen LogP contribution in [0.25, 0.3) is 0 Å². The molecule has 88 valence electrons. The van der Waals surface area contributed by atoms with Crippen molar-refractivity contribution < 1.29 is 5.11 Å². The number of nitrogens with one attached hydrogen (secondary N) is 1. The number of rotatable bonds is 2. The summed E-state index contributed by atoms with van der Waals surface area (Å²) in [6.07, 6.45) is 8.50. The largest absolute Gasteiger partial charge is 0.392 e. The molecule has 0 bridgehead atoms. The Morgan fingerprint density at radius 3 is 2.27 bits per heavy atom. The normalized spacial score (nSPS) is 37.0. The molecule has 0 saturated heterocycles. The number of aliphatic hydroxyl groups excluding tert-OH is 1. The minimum Gasteiger partial charge on any atom is -0.392 e. The molecule has 2 fully saturated rings. The molecule has 2 N–H and O–H groups in total. The predicted octanol–water partition coefficient (Wildman–Crippen LogP) is 2.46. The van der Waals surface area contributed by atoms with Gasteiger partial charge in [-0.1, -0.05) is 13.8 Å². The zero-order valence-electron chi connectivity index (χ0n) is 10.1. The Morgan fingerprint density at radius 1 is 1.07 bits per heavy atom. The Balaban J connectivity index is 1.77. The van der Waals surface area contributed by atoms with Crippen LogP contribution < -0.4 is 5.32 Å². The molecule has 2 atom stereocenters. The summed E-state index contributed by atoms with van der Waals surface area (Å²) in [5, 5.41) is 13.4. The topological polar surface area (TPSA) is 32.3 Å². The Morgan fingerprint density at radius 2 is 1.73 bits per heavy atom. The molecule has 0 aromatic rings. The van der Waals surface area contributed by atoms with Crippen molar-refractivity contribution in [1.82, 2.24) is 5.32 Å². The molecular formula is C13H25NO. The summed E-state index contributed by atoms with van der Waals surface area (Å²) < 4.78 is 0. The molecular weight excluding hydrogens is 186 g/mol. The van der Waals surface area contributed by atoms with E-state index in [4.69, 9.17) is 0 Å². The number of hydrogen-bond acceptors (Lipinski definition) is 2. The third-order valence-corrected chi connectivity index (χ3v) is 4.27. The van der Waals surface area contributed by atoms with Crippen molar-refractivity contribution in [2.24, 2.45) is 5.41 Å². The van der Waals surface area contributed by atoms with E-state index in [1.54, 1.807) is 0 Å². The molecule has 0 aromatic carbocycles. The van der Waals surface area contributed by atoms with Crippen molar-refractivity contribution in [1.29, 1.82) is 0 Å². The first-order valence-electron chi connectivity index (χ1n) is 6.51. The summed E-state index contributed by atoms with van der Waals surface area (Å²) in [6.45, 7) is 4.74. The maximum Gasteiger partial charge on any atom is 0.0693 e. The van der Waals surface area contributed by atoms with Gasteiger partial charge in [0.15, 0.2) is 0 Å². The van der Waals surface area contributed by atoms with Gasteiger partial charge in [0.25, 0.3) is 0 Å². The van der Waals surface area contributed by atoms with Gasteiger partial charge in [0.1, 0.15) is 0 Å². The van der Waals surface area contributed by atoms with E-state index in [-0.39, 0.29) is 6.10 Å². The van der Waals surface area contributed by atoms with Crippen LogP contribution in [0.2, 0.25) is 0 Å². The van der Waals surface area contributed by atoms with Crippen molar-refractivity contribution in [3.63, 3.8) is 0 Å². The molecule has 2 aliphatic rings. The molecule has 2 heteroatoms. The highest BCUT2D eigenvalue weighted by Gasteiger charge is 2.31. The minimum atomic E-state index is -0.0834. The van der Waals surface area contributed by atoms with Gasteiger partial charge in [-0.15, -0.1) is 0 Å². The third-order valence-electron chi connectivity index (χ3n) is 4.27. The fourth-order valence-electron chi connectivity index (χ4n) is 3.00.